The van der Waals surface area contributed by atoms with Crippen LogP contribution >= 0.6 is 17.7 Å². The van der Waals surface area contributed by atoms with Crippen molar-refractivity contribution in [1.82, 2.24) is 0 Å². The van der Waals surface area contributed by atoms with Crippen LogP contribution in [0, 0.1) is 0 Å². The van der Waals surface area contributed by atoms with E-state index in [0.717, 1.165) is 0 Å². The van der Waals surface area contributed by atoms with Crippen LogP contribution in [0.5, 0.6) is 0 Å². The Kier molecular flexibility index (Phi) is 68.5. The van der Waals surface area contributed by atoms with Crippen molar-refractivity contribution in [1.29, 1.82) is 0 Å². The quantitative estimate of drug-likeness (QED) is 0.309. The molecule has 56 valence electrons. The normalized spacial score (nSPS) is 5.90. The number of phosphoric acid groups is 1. The van der Waals surface area contributed by atoms with Gasteiger partial charge < -0.3 is 30.2 Å². The third-order valence-electron chi connectivity index (χ3n) is 0. The number of rotatable bonds is 0. The second-order valence-corrected chi connectivity index (χ2v) is 1.34. The van der Waals surface area contributed by atoms with Crippen LogP contribution in [-0.2, 0) is 4.57 Å². The Morgan fingerprint density at radius 2 is 0.900 bits per heavy atom. The molecule has 1 unspecified atom stereocenters. The summed E-state index contributed by atoms with van der Waals surface area (Å²) in [5.74, 6) is 0. The first-order valence-corrected chi connectivity index (χ1v) is 2.19. The molecule has 0 spiro atoms. The summed E-state index contributed by atoms with van der Waals surface area (Å²) in [6.45, 7) is 0. The van der Waals surface area contributed by atoms with E-state index in [0.29, 0.717) is 0 Å². The standard InChI is InChI=1S/2Ca.H3O4P.2H2O.H3P/c;;1-5(2,3)4;;;/h;;(H3,1,2,3,4);2*1H2;1H3/q2*+2;;;;/p-3. The summed E-state index contributed by atoms with van der Waals surface area (Å²) in [5.41, 5.74) is 0. The van der Waals surface area contributed by atoms with E-state index in [1.54, 1.807) is 0 Å². The SMILES string of the molecule is O.O.O=P([O-])([O-])[O-].P.[Ca+2].[Ca+2]. The fourth-order valence-corrected chi connectivity index (χ4v) is 0. The Morgan fingerprint density at radius 1 is 0.900 bits per heavy atom. The predicted molar refractivity (Wildman–Crippen MR) is 37.4 cm³/mol. The first-order chi connectivity index (χ1) is 2.00. The van der Waals surface area contributed by atoms with E-state index in [4.69, 9.17) is 19.2 Å². The number of hydrogen-bond donors (Lipinski definition) is 0. The Hall–Kier alpha value is 2.98. The van der Waals surface area contributed by atoms with Crippen LogP contribution in [0.1, 0.15) is 0 Å². The van der Waals surface area contributed by atoms with Gasteiger partial charge in [-0.25, -0.2) is 0 Å². The molecule has 4 N–H and O–H groups in total. The van der Waals surface area contributed by atoms with Gasteiger partial charge in [-0.3, -0.25) is 0 Å². The summed E-state index contributed by atoms with van der Waals surface area (Å²) in [6.07, 6.45) is 0. The summed E-state index contributed by atoms with van der Waals surface area (Å²) in [6, 6.07) is 0. The largest absolute Gasteiger partial charge is 2.00 e. The zero-order valence-electron chi connectivity index (χ0n) is 5.20. The minimum atomic E-state index is -5.39. The molecule has 0 aliphatic heterocycles. The van der Waals surface area contributed by atoms with E-state index >= 15 is 0 Å². The first kappa shape index (κ1) is 38.2. The molecular weight excluding hydrogens is 238 g/mol. The van der Waals surface area contributed by atoms with Crippen molar-refractivity contribution in [2.24, 2.45) is 0 Å². The van der Waals surface area contributed by atoms with Gasteiger partial charge in [-0.15, -0.1) is 0 Å². The first-order valence-electron chi connectivity index (χ1n) is 0.730. The molecule has 0 aliphatic rings. The average Bonchev–Trinajstić information content (AvgIpc) is 0.722. The van der Waals surface area contributed by atoms with Gasteiger partial charge in [0.15, 0.2) is 0 Å². The molecule has 0 saturated heterocycles. The molecule has 0 bridgehead atoms. The zero-order chi connectivity index (χ0) is 4.50. The summed E-state index contributed by atoms with van der Waals surface area (Å²) >= 11 is 0. The molecule has 0 aromatic heterocycles. The smallest absolute Gasteiger partial charge is 0.822 e. The monoisotopic (exact) mass is 245 g/mol. The predicted octanol–water partition coefficient (Wildman–Crippen LogP) is -5.18. The number of hydrogen-bond acceptors (Lipinski definition) is 4. The molecule has 0 saturated carbocycles. The second kappa shape index (κ2) is 17.9. The van der Waals surface area contributed by atoms with E-state index in [9.17, 15) is 0 Å². The van der Waals surface area contributed by atoms with Crippen LogP contribution in [0.15, 0.2) is 0 Å². The molecule has 0 heterocycles. The molecule has 0 aromatic rings. The third-order valence-corrected chi connectivity index (χ3v) is 0. The van der Waals surface area contributed by atoms with Crippen molar-refractivity contribution < 1.29 is 30.2 Å². The van der Waals surface area contributed by atoms with Gasteiger partial charge >= 0.3 is 75.5 Å². The maximum atomic E-state index is 8.55. The molecule has 0 radical (unpaired) electrons. The van der Waals surface area contributed by atoms with E-state index in [1.807, 2.05) is 0 Å². The van der Waals surface area contributed by atoms with Gasteiger partial charge in [-0.1, -0.05) is 0 Å². The van der Waals surface area contributed by atoms with Crippen molar-refractivity contribution in [2.45, 2.75) is 0 Å². The van der Waals surface area contributed by atoms with Crippen LogP contribution in [0.25, 0.3) is 0 Å². The minimum Gasteiger partial charge on any atom is -0.822 e. The minimum absolute atomic E-state index is 0. The van der Waals surface area contributed by atoms with Crippen LogP contribution in [-0.4, -0.2) is 86.4 Å². The summed E-state index contributed by atoms with van der Waals surface area (Å²) in [5, 5.41) is 0. The van der Waals surface area contributed by atoms with Crippen LogP contribution < -0.4 is 14.7 Å². The van der Waals surface area contributed by atoms with Gasteiger partial charge in [0.05, 0.1) is 0 Å². The third kappa shape index (κ3) is 123. The maximum absolute atomic E-state index is 8.55. The summed E-state index contributed by atoms with van der Waals surface area (Å²) in [4.78, 5) is 25.6. The van der Waals surface area contributed by atoms with Gasteiger partial charge in [0.2, 0.25) is 0 Å². The Balaban J connectivity index is -0.00000000800. The average molecular weight is 245 g/mol. The molecule has 0 rings (SSSR count). The molecule has 1 atom stereocenters. The van der Waals surface area contributed by atoms with Crippen molar-refractivity contribution in [2.75, 3.05) is 0 Å². The Bertz CT molecular complexity index is 59.9. The molecule has 6 nitrogen and oxygen atoms in total. The summed E-state index contributed by atoms with van der Waals surface area (Å²) in [7, 11) is -5.39. The van der Waals surface area contributed by atoms with Crippen LogP contribution in [0.2, 0.25) is 0 Å². The Morgan fingerprint density at radius 3 is 0.900 bits per heavy atom. The molecule has 10 heteroatoms. The fraction of sp³-hybridized carbons (Fsp3) is 0. The van der Waals surface area contributed by atoms with Gasteiger partial charge in [0.1, 0.15) is 0 Å². The zero-order valence-corrected chi connectivity index (χ0v) is 11.9. The van der Waals surface area contributed by atoms with Crippen molar-refractivity contribution in [3.05, 3.63) is 0 Å². The van der Waals surface area contributed by atoms with Gasteiger partial charge in [0.25, 0.3) is 0 Å². The summed E-state index contributed by atoms with van der Waals surface area (Å²) < 4.78 is 8.55. The van der Waals surface area contributed by atoms with Gasteiger partial charge in [-0.05, 0) is 0 Å². The van der Waals surface area contributed by atoms with Crippen molar-refractivity contribution in [3.8, 4) is 0 Å². The molecular formula is H7Ca2O6P2+. The topological polar surface area (TPSA) is 149 Å². The second-order valence-electron chi connectivity index (χ2n) is 0.447. The van der Waals surface area contributed by atoms with Gasteiger partial charge in [-0.2, -0.15) is 17.7 Å². The Labute approximate surface area is 121 Å². The fourth-order valence-electron chi connectivity index (χ4n) is 0. The molecule has 0 fully saturated rings. The van der Waals surface area contributed by atoms with E-state index in [2.05, 4.69) is 0 Å². The maximum Gasteiger partial charge on any atom is 2.00 e. The van der Waals surface area contributed by atoms with E-state index in [-0.39, 0.29) is 96.3 Å². The van der Waals surface area contributed by atoms with Gasteiger partial charge in [0, 0.05) is 0 Å². The van der Waals surface area contributed by atoms with E-state index in [1.165, 1.54) is 0 Å². The molecule has 0 aromatic carbocycles. The van der Waals surface area contributed by atoms with Crippen molar-refractivity contribution in [3.63, 3.8) is 0 Å². The molecule has 0 aliphatic carbocycles. The van der Waals surface area contributed by atoms with Crippen molar-refractivity contribution >= 4 is 93.2 Å². The van der Waals surface area contributed by atoms with Crippen LogP contribution in [0.4, 0.5) is 0 Å². The molecule has 10 heavy (non-hydrogen) atoms. The molecule has 0 amide bonds. The van der Waals surface area contributed by atoms with Crippen LogP contribution in [0.3, 0.4) is 0 Å². The van der Waals surface area contributed by atoms with E-state index < -0.39 is 7.82 Å².